The van der Waals surface area contributed by atoms with Gasteiger partial charge in [0.05, 0.1) is 13.2 Å². The molecule has 0 spiro atoms. The minimum absolute atomic E-state index is 0.0804. The van der Waals surface area contributed by atoms with Gasteiger partial charge < -0.3 is 30.7 Å². The maximum Gasteiger partial charge on any atom is 0.122 e. The molecule has 0 bridgehead atoms. The summed E-state index contributed by atoms with van der Waals surface area (Å²) >= 11 is 0. The van der Waals surface area contributed by atoms with Crippen LogP contribution >= 0.6 is 0 Å². The van der Waals surface area contributed by atoms with Crippen molar-refractivity contribution in [3.8, 4) is 11.5 Å². The Labute approximate surface area is 202 Å². The average Bonchev–Trinajstić information content (AvgIpc) is 2.81. The third kappa shape index (κ3) is 7.46. The maximum atomic E-state index is 7.52. The fourth-order valence-corrected chi connectivity index (χ4v) is 4.13. The zero-order valence-electron chi connectivity index (χ0n) is 20.4. The topological polar surface area (TPSA) is 125 Å². The van der Waals surface area contributed by atoms with E-state index in [1.807, 2.05) is 50.2 Å². The molecule has 184 valence electrons. The van der Waals surface area contributed by atoms with Gasteiger partial charge in [0.1, 0.15) is 23.2 Å². The SMILES string of the molecule is Cc1cc(C(=N)N)ccc1OCCCN1CCN(CCCOc2ccc(C(=N)N)cc2C)CC1. The van der Waals surface area contributed by atoms with Gasteiger partial charge in [0.25, 0.3) is 0 Å². The van der Waals surface area contributed by atoms with E-state index in [0.29, 0.717) is 13.2 Å². The van der Waals surface area contributed by atoms with E-state index in [9.17, 15) is 0 Å². The van der Waals surface area contributed by atoms with Crippen LogP contribution in [-0.2, 0) is 0 Å². The zero-order chi connectivity index (χ0) is 24.5. The minimum atomic E-state index is 0.0804. The van der Waals surface area contributed by atoms with Crippen molar-refractivity contribution in [1.82, 2.24) is 9.80 Å². The second-order valence-corrected chi connectivity index (χ2v) is 8.88. The molecule has 1 aliphatic heterocycles. The molecule has 0 radical (unpaired) electrons. The van der Waals surface area contributed by atoms with E-state index in [4.69, 9.17) is 31.8 Å². The Morgan fingerprint density at radius 3 is 1.44 bits per heavy atom. The van der Waals surface area contributed by atoms with Crippen LogP contribution in [0.5, 0.6) is 11.5 Å². The second-order valence-electron chi connectivity index (χ2n) is 8.88. The van der Waals surface area contributed by atoms with Crippen LogP contribution in [0, 0.1) is 24.7 Å². The number of nitrogens with two attached hydrogens (primary N) is 2. The number of hydrogen-bond donors (Lipinski definition) is 4. The summed E-state index contributed by atoms with van der Waals surface area (Å²) in [5, 5.41) is 15.0. The van der Waals surface area contributed by atoms with Gasteiger partial charge in [0, 0.05) is 50.4 Å². The Morgan fingerprint density at radius 2 is 1.12 bits per heavy atom. The molecule has 2 aromatic rings. The molecular formula is C26H38N6O2. The van der Waals surface area contributed by atoms with Crippen molar-refractivity contribution in [3.63, 3.8) is 0 Å². The normalized spacial score (nSPS) is 14.6. The quantitative estimate of drug-likeness (QED) is 0.217. The maximum absolute atomic E-state index is 7.52. The Hall–Kier alpha value is -3.10. The molecule has 1 aliphatic rings. The number of ether oxygens (including phenoxy) is 2. The number of amidine groups is 2. The van der Waals surface area contributed by atoms with Crippen molar-refractivity contribution >= 4 is 11.7 Å². The van der Waals surface area contributed by atoms with E-state index in [1.54, 1.807) is 0 Å². The molecule has 1 heterocycles. The third-order valence-electron chi connectivity index (χ3n) is 6.19. The first-order valence-corrected chi connectivity index (χ1v) is 11.9. The lowest BCUT2D eigenvalue weighted by Gasteiger charge is -2.34. The van der Waals surface area contributed by atoms with E-state index in [1.165, 1.54) is 0 Å². The Balaban J connectivity index is 1.27. The molecule has 1 saturated heterocycles. The van der Waals surface area contributed by atoms with E-state index >= 15 is 0 Å². The van der Waals surface area contributed by atoms with E-state index in [0.717, 1.165) is 85.9 Å². The molecule has 0 aromatic heterocycles. The van der Waals surface area contributed by atoms with E-state index in [2.05, 4.69) is 9.80 Å². The molecule has 6 N–H and O–H groups in total. The van der Waals surface area contributed by atoms with Crippen LogP contribution in [0.15, 0.2) is 36.4 Å². The zero-order valence-corrected chi connectivity index (χ0v) is 20.4. The summed E-state index contributed by atoms with van der Waals surface area (Å²) in [6, 6.07) is 11.3. The molecule has 34 heavy (non-hydrogen) atoms. The third-order valence-corrected chi connectivity index (χ3v) is 6.19. The predicted molar refractivity (Wildman–Crippen MR) is 137 cm³/mol. The van der Waals surface area contributed by atoms with Gasteiger partial charge in [-0.15, -0.1) is 0 Å². The van der Waals surface area contributed by atoms with Gasteiger partial charge in [0.15, 0.2) is 0 Å². The van der Waals surface area contributed by atoms with Crippen LogP contribution in [0.1, 0.15) is 35.1 Å². The summed E-state index contributed by atoms with van der Waals surface area (Å²) in [6.45, 7) is 11.7. The highest BCUT2D eigenvalue weighted by Crippen LogP contribution is 2.20. The van der Waals surface area contributed by atoms with Crippen molar-refractivity contribution in [2.45, 2.75) is 26.7 Å². The lowest BCUT2D eigenvalue weighted by Crippen LogP contribution is -2.47. The van der Waals surface area contributed by atoms with Crippen molar-refractivity contribution in [2.24, 2.45) is 11.5 Å². The van der Waals surface area contributed by atoms with Crippen LogP contribution < -0.4 is 20.9 Å². The molecule has 1 fully saturated rings. The van der Waals surface area contributed by atoms with Gasteiger partial charge in [-0.1, -0.05) is 0 Å². The fourth-order valence-electron chi connectivity index (χ4n) is 4.13. The number of benzene rings is 2. The number of nitrogens with one attached hydrogen (secondary N) is 2. The number of rotatable bonds is 12. The number of nitrogen functional groups attached to an aromatic ring is 2. The minimum Gasteiger partial charge on any atom is -0.493 e. The largest absolute Gasteiger partial charge is 0.493 e. The summed E-state index contributed by atoms with van der Waals surface area (Å²) in [5.74, 6) is 1.89. The molecule has 0 aliphatic carbocycles. The first-order chi connectivity index (χ1) is 16.3. The van der Waals surface area contributed by atoms with Crippen molar-refractivity contribution < 1.29 is 9.47 Å². The summed E-state index contributed by atoms with van der Waals surface area (Å²) in [4.78, 5) is 5.00. The predicted octanol–water partition coefficient (Wildman–Crippen LogP) is 2.73. The highest BCUT2D eigenvalue weighted by Gasteiger charge is 2.16. The van der Waals surface area contributed by atoms with Gasteiger partial charge in [0.2, 0.25) is 0 Å². The van der Waals surface area contributed by atoms with Crippen LogP contribution in [0.4, 0.5) is 0 Å². The second kappa shape index (κ2) is 12.4. The highest BCUT2D eigenvalue weighted by atomic mass is 16.5. The number of hydrogen-bond acceptors (Lipinski definition) is 6. The smallest absolute Gasteiger partial charge is 0.122 e. The standard InChI is InChI=1S/C26H38N6O2/c1-19-17-21(25(27)28)5-7-23(19)33-15-3-9-31-11-13-32(14-12-31)10-4-16-34-24-8-6-22(26(29)30)18-20(24)2/h5-8,17-18H,3-4,9-16H2,1-2H3,(H3,27,28)(H3,29,30). The Bertz CT molecular complexity index is 906. The van der Waals surface area contributed by atoms with E-state index in [-0.39, 0.29) is 11.7 Å². The molecule has 3 rings (SSSR count). The van der Waals surface area contributed by atoms with Crippen LogP contribution in [0.25, 0.3) is 0 Å². The van der Waals surface area contributed by atoms with Gasteiger partial charge in [-0.3, -0.25) is 10.8 Å². The van der Waals surface area contributed by atoms with Crippen LogP contribution in [0.2, 0.25) is 0 Å². The molecule has 0 saturated carbocycles. The van der Waals surface area contributed by atoms with Gasteiger partial charge in [-0.25, -0.2) is 0 Å². The molecule has 0 unspecified atom stereocenters. The summed E-state index contributed by atoms with van der Waals surface area (Å²) < 4.78 is 11.9. The van der Waals surface area contributed by atoms with Crippen molar-refractivity contribution in [3.05, 3.63) is 58.7 Å². The molecule has 2 aromatic carbocycles. The first kappa shape index (κ1) is 25.5. The Kier molecular flexibility index (Phi) is 9.30. The molecule has 0 atom stereocenters. The molecule has 8 heteroatoms. The first-order valence-electron chi connectivity index (χ1n) is 11.9. The highest BCUT2D eigenvalue weighted by molar-refractivity contribution is 5.95. The summed E-state index contributed by atoms with van der Waals surface area (Å²) in [6.07, 6.45) is 1.98. The molecule has 8 nitrogen and oxygen atoms in total. The number of nitrogens with zero attached hydrogens (tertiary/aromatic N) is 2. The summed E-state index contributed by atoms with van der Waals surface area (Å²) in [5.41, 5.74) is 14.6. The monoisotopic (exact) mass is 466 g/mol. The van der Waals surface area contributed by atoms with Gasteiger partial charge >= 0.3 is 0 Å². The molecular weight excluding hydrogens is 428 g/mol. The lowest BCUT2D eigenvalue weighted by atomic mass is 10.1. The van der Waals surface area contributed by atoms with E-state index < -0.39 is 0 Å². The van der Waals surface area contributed by atoms with Crippen molar-refractivity contribution in [2.75, 3.05) is 52.5 Å². The van der Waals surface area contributed by atoms with Crippen molar-refractivity contribution in [1.29, 1.82) is 10.8 Å². The summed E-state index contributed by atoms with van der Waals surface area (Å²) in [7, 11) is 0. The van der Waals surface area contributed by atoms with Gasteiger partial charge in [-0.05, 0) is 74.2 Å². The van der Waals surface area contributed by atoms with Crippen LogP contribution in [-0.4, -0.2) is 74.0 Å². The average molecular weight is 467 g/mol. The number of piperazine rings is 1. The number of aryl methyl sites for hydroxylation is 2. The van der Waals surface area contributed by atoms with Gasteiger partial charge in [-0.2, -0.15) is 0 Å². The Morgan fingerprint density at radius 1 is 0.735 bits per heavy atom. The molecule has 0 amide bonds. The fraction of sp³-hybridized carbons (Fsp3) is 0.462. The van der Waals surface area contributed by atoms with Crippen LogP contribution in [0.3, 0.4) is 0 Å². The lowest BCUT2D eigenvalue weighted by molar-refractivity contribution is 0.120.